The highest BCUT2D eigenvalue weighted by atomic mass is 16.5. The van der Waals surface area contributed by atoms with Gasteiger partial charge in [-0.2, -0.15) is 0 Å². The quantitative estimate of drug-likeness (QED) is 0.873. The lowest BCUT2D eigenvalue weighted by Crippen LogP contribution is -2.42. The second kappa shape index (κ2) is 8.58. The Morgan fingerprint density at radius 3 is 3.00 bits per heavy atom. The number of methoxy groups -OCH3 is 1. The molecule has 1 aromatic heterocycles. The lowest BCUT2D eigenvalue weighted by Gasteiger charge is -2.26. The Morgan fingerprint density at radius 1 is 1.32 bits per heavy atom. The molecule has 3 rings (SSSR count). The number of hydrogen-bond donors (Lipinski definition) is 1. The van der Waals surface area contributed by atoms with Gasteiger partial charge in [-0.25, -0.2) is 4.79 Å². The Morgan fingerprint density at radius 2 is 2.20 bits per heavy atom. The van der Waals surface area contributed by atoms with Crippen molar-refractivity contribution < 1.29 is 18.7 Å². The molecule has 6 heteroatoms. The van der Waals surface area contributed by atoms with Crippen LogP contribution in [0.3, 0.4) is 0 Å². The van der Waals surface area contributed by atoms with Gasteiger partial charge in [0.1, 0.15) is 11.5 Å². The number of ether oxygens (including phenoxy) is 2. The van der Waals surface area contributed by atoms with Gasteiger partial charge in [0.25, 0.3) is 0 Å². The minimum atomic E-state index is -0.129. The van der Waals surface area contributed by atoms with Crippen LogP contribution >= 0.6 is 0 Å². The molecule has 1 aliphatic rings. The molecule has 1 N–H and O–H groups in total. The van der Waals surface area contributed by atoms with Crippen LogP contribution in [0.25, 0.3) is 0 Å². The predicted molar refractivity (Wildman–Crippen MR) is 93.4 cm³/mol. The molecule has 0 unspecified atom stereocenters. The van der Waals surface area contributed by atoms with Crippen LogP contribution in [-0.4, -0.2) is 37.8 Å². The molecule has 2 heterocycles. The number of nitrogens with one attached hydrogen (secondary N) is 1. The van der Waals surface area contributed by atoms with E-state index >= 15 is 0 Å². The van der Waals surface area contributed by atoms with Gasteiger partial charge in [0.05, 0.1) is 32.1 Å². The van der Waals surface area contributed by atoms with Gasteiger partial charge in [-0.15, -0.1) is 0 Å². The van der Waals surface area contributed by atoms with Crippen LogP contribution in [0.5, 0.6) is 5.75 Å². The Bertz CT molecular complexity index is 672. The summed E-state index contributed by atoms with van der Waals surface area (Å²) in [5.74, 6) is 1.59. The van der Waals surface area contributed by atoms with E-state index in [0.29, 0.717) is 26.3 Å². The van der Waals surface area contributed by atoms with Crippen molar-refractivity contribution in [3.63, 3.8) is 0 Å². The van der Waals surface area contributed by atoms with E-state index in [-0.39, 0.29) is 12.1 Å². The third-order valence-corrected chi connectivity index (χ3v) is 4.27. The van der Waals surface area contributed by atoms with Gasteiger partial charge in [0.15, 0.2) is 0 Å². The number of amides is 2. The van der Waals surface area contributed by atoms with Crippen molar-refractivity contribution in [2.45, 2.75) is 25.4 Å². The fraction of sp³-hybridized carbons (Fsp3) is 0.421. The lowest BCUT2D eigenvalue weighted by molar-refractivity contribution is 0.141. The van der Waals surface area contributed by atoms with Gasteiger partial charge in [-0.3, -0.25) is 0 Å². The van der Waals surface area contributed by atoms with E-state index in [2.05, 4.69) is 5.32 Å². The molecule has 1 aromatic carbocycles. The first-order chi connectivity index (χ1) is 12.3. The topological polar surface area (TPSA) is 63.9 Å². The summed E-state index contributed by atoms with van der Waals surface area (Å²) in [6.07, 6.45) is 3.36. The van der Waals surface area contributed by atoms with E-state index in [9.17, 15) is 4.79 Å². The summed E-state index contributed by atoms with van der Waals surface area (Å²) in [6, 6.07) is 11.4. The van der Waals surface area contributed by atoms with Crippen LogP contribution in [0.2, 0.25) is 0 Å². The highest BCUT2D eigenvalue weighted by molar-refractivity contribution is 5.75. The maximum Gasteiger partial charge on any atom is 0.318 e. The standard InChI is InChI=1S/C19H24N2O4/c1-23-13-10-21(14-15-6-4-11-24-15)19(22)20-17-8-5-12-25-18-9-3-2-7-16(17)18/h2-4,6-7,9,11,17H,5,8,10,12-14H2,1H3,(H,20,22)/t17-/m1/s1. The zero-order chi connectivity index (χ0) is 17.5. The number of urea groups is 1. The molecule has 0 spiro atoms. The number of benzene rings is 1. The number of furan rings is 1. The van der Waals surface area contributed by atoms with Gasteiger partial charge < -0.3 is 24.1 Å². The van der Waals surface area contributed by atoms with Gasteiger partial charge in [-0.1, -0.05) is 18.2 Å². The van der Waals surface area contributed by atoms with Crippen molar-refractivity contribution in [1.82, 2.24) is 10.2 Å². The molecule has 0 aliphatic carbocycles. The van der Waals surface area contributed by atoms with E-state index in [1.807, 2.05) is 36.4 Å². The Labute approximate surface area is 147 Å². The van der Waals surface area contributed by atoms with Crippen molar-refractivity contribution in [2.24, 2.45) is 0 Å². The molecule has 0 bridgehead atoms. The van der Waals surface area contributed by atoms with Crippen molar-refractivity contribution in [1.29, 1.82) is 0 Å². The average molecular weight is 344 g/mol. The molecule has 0 fully saturated rings. The zero-order valence-electron chi connectivity index (χ0n) is 14.4. The van der Waals surface area contributed by atoms with Crippen LogP contribution in [0.15, 0.2) is 47.1 Å². The van der Waals surface area contributed by atoms with Crippen molar-refractivity contribution in [3.05, 3.63) is 54.0 Å². The molecule has 0 saturated heterocycles. The fourth-order valence-corrected chi connectivity index (χ4v) is 2.96. The average Bonchev–Trinajstić information content (AvgIpc) is 3.06. The Balaban J connectivity index is 1.71. The second-order valence-electron chi connectivity index (χ2n) is 6.02. The SMILES string of the molecule is COCCN(Cc1ccco1)C(=O)N[C@@H]1CCCOc2ccccc21. The molecule has 134 valence electrons. The molecule has 25 heavy (non-hydrogen) atoms. The molecule has 6 nitrogen and oxygen atoms in total. The molecule has 2 aromatic rings. The van der Waals surface area contributed by atoms with Crippen LogP contribution in [-0.2, 0) is 11.3 Å². The first kappa shape index (κ1) is 17.4. The van der Waals surface area contributed by atoms with Gasteiger partial charge in [-0.05, 0) is 31.0 Å². The molecule has 0 saturated carbocycles. The smallest absolute Gasteiger partial charge is 0.318 e. The molecule has 1 atom stereocenters. The van der Waals surface area contributed by atoms with Crippen LogP contribution in [0.1, 0.15) is 30.2 Å². The van der Waals surface area contributed by atoms with E-state index in [4.69, 9.17) is 13.9 Å². The highest BCUT2D eigenvalue weighted by Crippen LogP contribution is 2.31. The summed E-state index contributed by atoms with van der Waals surface area (Å²) in [5.41, 5.74) is 1.03. The maximum atomic E-state index is 12.8. The van der Waals surface area contributed by atoms with Crippen LogP contribution in [0.4, 0.5) is 4.79 Å². The molecular weight excluding hydrogens is 320 g/mol. The number of hydrogen-bond acceptors (Lipinski definition) is 4. The predicted octanol–water partition coefficient (Wildman–Crippen LogP) is 3.35. The highest BCUT2D eigenvalue weighted by Gasteiger charge is 2.24. The summed E-state index contributed by atoms with van der Waals surface area (Å²) in [4.78, 5) is 14.5. The van der Waals surface area contributed by atoms with Crippen molar-refractivity contribution in [3.8, 4) is 5.75 Å². The minimum absolute atomic E-state index is 0.0622. The zero-order valence-corrected chi connectivity index (χ0v) is 14.4. The normalized spacial score (nSPS) is 16.4. The monoisotopic (exact) mass is 344 g/mol. The third kappa shape index (κ3) is 4.54. The first-order valence-corrected chi connectivity index (χ1v) is 8.56. The molecule has 0 radical (unpaired) electrons. The largest absolute Gasteiger partial charge is 0.493 e. The number of carbonyl (C=O) groups is 1. The lowest BCUT2D eigenvalue weighted by atomic mass is 10.0. The second-order valence-corrected chi connectivity index (χ2v) is 6.02. The third-order valence-electron chi connectivity index (χ3n) is 4.27. The summed E-state index contributed by atoms with van der Waals surface area (Å²) >= 11 is 0. The maximum absolute atomic E-state index is 12.8. The number of para-hydroxylation sites is 1. The number of nitrogens with zero attached hydrogens (tertiary/aromatic N) is 1. The molecule has 2 amide bonds. The van der Waals surface area contributed by atoms with Gasteiger partial charge >= 0.3 is 6.03 Å². The number of rotatable bonds is 6. The van der Waals surface area contributed by atoms with Gasteiger partial charge in [0.2, 0.25) is 0 Å². The van der Waals surface area contributed by atoms with Crippen LogP contribution < -0.4 is 10.1 Å². The summed E-state index contributed by atoms with van der Waals surface area (Å²) < 4.78 is 16.3. The fourth-order valence-electron chi connectivity index (χ4n) is 2.96. The number of carbonyl (C=O) groups excluding carboxylic acids is 1. The van der Waals surface area contributed by atoms with E-state index in [1.54, 1.807) is 18.3 Å². The Kier molecular flexibility index (Phi) is 5.95. The van der Waals surface area contributed by atoms with E-state index in [1.165, 1.54) is 0 Å². The summed E-state index contributed by atoms with van der Waals surface area (Å²) in [6.45, 7) is 2.04. The van der Waals surface area contributed by atoms with E-state index in [0.717, 1.165) is 29.9 Å². The summed E-state index contributed by atoms with van der Waals surface area (Å²) in [7, 11) is 1.63. The van der Waals surface area contributed by atoms with E-state index < -0.39 is 0 Å². The Hall–Kier alpha value is -2.47. The molecular formula is C19H24N2O4. The van der Waals surface area contributed by atoms with Crippen LogP contribution in [0, 0.1) is 0 Å². The van der Waals surface area contributed by atoms with Crippen molar-refractivity contribution in [2.75, 3.05) is 26.9 Å². The van der Waals surface area contributed by atoms with Gasteiger partial charge in [0, 0.05) is 19.2 Å². The number of fused-ring (bicyclic) bond motifs is 1. The summed E-state index contributed by atoms with van der Waals surface area (Å²) in [5, 5.41) is 3.15. The molecule has 1 aliphatic heterocycles. The van der Waals surface area contributed by atoms with Crippen molar-refractivity contribution >= 4 is 6.03 Å². The minimum Gasteiger partial charge on any atom is -0.493 e. The first-order valence-electron chi connectivity index (χ1n) is 8.56.